The molecular weight excluding hydrogens is 532 g/mol. The molecule has 1 aromatic heterocycles. The van der Waals surface area contributed by atoms with Crippen LogP contribution in [0.4, 0.5) is 11.8 Å². The number of nitrogen functional groups attached to an aromatic ring is 2. The summed E-state index contributed by atoms with van der Waals surface area (Å²) in [7, 11) is 3.06. The Labute approximate surface area is 236 Å². The van der Waals surface area contributed by atoms with Gasteiger partial charge in [0, 0.05) is 30.5 Å². The van der Waals surface area contributed by atoms with Crippen LogP contribution in [0.3, 0.4) is 0 Å². The van der Waals surface area contributed by atoms with Crippen LogP contribution >= 0.6 is 23.5 Å². The minimum atomic E-state index is -0.231. The van der Waals surface area contributed by atoms with Crippen LogP contribution in [0.2, 0.25) is 0 Å². The number of hydrogen-bond acceptors (Lipinski definition) is 11. The lowest BCUT2D eigenvalue weighted by Crippen LogP contribution is -2.31. The summed E-state index contributed by atoms with van der Waals surface area (Å²) in [6.45, 7) is 0. The molecule has 9 nitrogen and oxygen atoms in total. The Balaban J connectivity index is 1.46. The van der Waals surface area contributed by atoms with E-state index in [0.717, 1.165) is 22.6 Å². The Hall–Kier alpha value is -3.70. The fraction of sp³-hybridized carbons (Fsp3) is 0.286. The van der Waals surface area contributed by atoms with Gasteiger partial charge in [0.05, 0.1) is 36.6 Å². The molecule has 0 radical (unpaired) electrons. The number of methoxy groups -OCH3 is 2. The molecule has 0 bridgehead atoms. The molecule has 1 unspecified atom stereocenters. The van der Waals surface area contributed by atoms with Gasteiger partial charge >= 0.3 is 0 Å². The highest BCUT2D eigenvalue weighted by molar-refractivity contribution is 8.17. The summed E-state index contributed by atoms with van der Waals surface area (Å²) in [4.78, 5) is 21.7. The lowest BCUT2D eigenvalue weighted by atomic mass is 9.99. The van der Waals surface area contributed by atoms with Gasteiger partial charge in [-0.05, 0) is 46.7 Å². The molecule has 4 N–H and O–H groups in total. The minimum absolute atomic E-state index is 0.0156. The average Bonchev–Trinajstić information content (AvgIpc) is 2.96. The first kappa shape index (κ1) is 26.9. The number of ketones is 1. The zero-order valence-electron chi connectivity index (χ0n) is 21.7. The van der Waals surface area contributed by atoms with Gasteiger partial charge in [-0.25, -0.2) is 4.98 Å². The average molecular weight is 563 g/mol. The number of anilines is 2. The molecule has 11 heteroatoms. The van der Waals surface area contributed by atoms with Crippen molar-refractivity contribution in [2.75, 3.05) is 37.2 Å². The van der Waals surface area contributed by atoms with Crippen LogP contribution in [0.5, 0.6) is 11.5 Å². The summed E-state index contributed by atoms with van der Waals surface area (Å²) in [5.74, 6) is 3.20. The molecule has 2 aliphatic rings. The molecule has 0 aliphatic carbocycles. The molecule has 39 heavy (non-hydrogen) atoms. The van der Waals surface area contributed by atoms with Crippen LogP contribution in [-0.2, 0) is 6.42 Å². The fourth-order valence-corrected chi connectivity index (χ4v) is 7.80. The second-order valence-electron chi connectivity index (χ2n) is 9.04. The van der Waals surface area contributed by atoms with Gasteiger partial charge < -0.3 is 20.9 Å². The van der Waals surface area contributed by atoms with Gasteiger partial charge in [-0.1, -0.05) is 24.3 Å². The zero-order valence-corrected chi connectivity index (χ0v) is 23.4. The number of nitrogens with zero attached hydrogens (tertiary/aromatic N) is 4. The molecule has 1 fully saturated rings. The Morgan fingerprint density at radius 3 is 2.69 bits per heavy atom. The van der Waals surface area contributed by atoms with Crippen LogP contribution < -0.4 is 20.9 Å². The highest BCUT2D eigenvalue weighted by Crippen LogP contribution is 2.44. The monoisotopic (exact) mass is 562 g/mol. The predicted octanol–water partition coefficient (Wildman–Crippen LogP) is 4.53. The van der Waals surface area contributed by atoms with E-state index in [1.165, 1.54) is 32.3 Å². The number of carbonyl (C=O) groups excluding carboxylic acids is 1. The van der Waals surface area contributed by atoms with Crippen LogP contribution in [0, 0.1) is 0 Å². The topological polar surface area (TPSA) is 129 Å². The number of benzene rings is 2. The maximum atomic E-state index is 13.6. The molecule has 1 atom stereocenters. The van der Waals surface area contributed by atoms with Crippen molar-refractivity contribution in [1.82, 2.24) is 15.0 Å². The van der Waals surface area contributed by atoms with E-state index in [9.17, 15) is 4.79 Å². The van der Waals surface area contributed by atoms with Gasteiger partial charge in [-0.2, -0.15) is 10.1 Å². The van der Waals surface area contributed by atoms with Gasteiger partial charge in [0.1, 0.15) is 5.82 Å². The van der Waals surface area contributed by atoms with Crippen LogP contribution in [-0.4, -0.2) is 57.3 Å². The third-order valence-electron chi connectivity index (χ3n) is 6.53. The van der Waals surface area contributed by atoms with Crippen LogP contribution in [0.15, 0.2) is 60.0 Å². The van der Waals surface area contributed by atoms with E-state index >= 15 is 0 Å². The Morgan fingerprint density at radius 1 is 1.15 bits per heavy atom. The number of rotatable bonds is 8. The maximum absolute atomic E-state index is 13.6. The number of ether oxygens (including phenoxy) is 2. The molecule has 3 aromatic rings. The van der Waals surface area contributed by atoms with E-state index in [-0.39, 0.29) is 23.6 Å². The van der Waals surface area contributed by atoms with Crippen molar-refractivity contribution in [2.24, 2.45) is 5.10 Å². The standard InChI is InChI=1S/C28H30N6O3S2/c1-36-23-14-17(12-19-15-31-28(30)33-26(19)29)13-21(25(23)37-2)22(35)8-9-34-24(27-38-10-5-11-39-27)20-7-4-3-6-18(20)16-32-34/h3-4,6-9,13-16,24,27H,5,10-12H2,1-2H3,(H4,29,30,31,33)/b9-8+. The molecular formula is C28H30N6O3S2. The molecule has 3 heterocycles. The van der Waals surface area contributed by atoms with Gasteiger partial charge in [-0.3, -0.25) is 9.80 Å². The first-order chi connectivity index (χ1) is 19.0. The lowest BCUT2D eigenvalue weighted by Gasteiger charge is -2.37. The quantitative estimate of drug-likeness (QED) is 0.298. The number of hydrazone groups is 1. The third kappa shape index (κ3) is 5.84. The molecule has 5 rings (SSSR count). The van der Waals surface area contributed by atoms with E-state index in [1.54, 1.807) is 18.5 Å². The van der Waals surface area contributed by atoms with E-state index in [1.807, 2.05) is 46.9 Å². The van der Waals surface area contributed by atoms with Crippen LogP contribution in [0.1, 0.15) is 45.1 Å². The molecule has 1 saturated heterocycles. The van der Waals surface area contributed by atoms with Crippen LogP contribution in [0.25, 0.3) is 0 Å². The number of carbonyl (C=O) groups is 1. The SMILES string of the molecule is COc1cc(Cc2cnc(N)nc2N)cc(C(=O)/C=C/N2N=Cc3ccccc3C2C2SCCCS2)c1OC. The predicted molar refractivity (Wildman–Crippen MR) is 159 cm³/mol. The number of nitrogens with two attached hydrogens (primary N) is 2. The van der Waals surface area contributed by atoms with Crippen molar-refractivity contribution in [2.45, 2.75) is 23.5 Å². The fourth-order valence-electron chi connectivity index (χ4n) is 4.66. The smallest absolute Gasteiger partial charge is 0.221 e. The molecule has 0 spiro atoms. The Bertz CT molecular complexity index is 1420. The first-order valence-electron chi connectivity index (χ1n) is 12.5. The second-order valence-corrected chi connectivity index (χ2v) is 11.8. The second kappa shape index (κ2) is 12.0. The van der Waals surface area contributed by atoms with Crippen molar-refractivity contribution in [3.8, 4) is 11.5 Å². The van der Waals surface area contributed by atoms with E-state index in [2.05, 4.69) is 28.2 Å². The van der Waals surface area contributed by atoms with Gasteiger partial charge in [0.25, 0.3) is 0 Å². The van der Waals surface area contributed by atoms with Crippen molar-refractivity contribution in [3.05, 3.63) is 82.7 Å². The number of hydrogen-bond donors (Lipinski definition) is 2. The largest absolute Gasteiger partial charge is 0.493 e. The molecule has 0 amide bonds. The Morgan fingerprint density at radius 2 is 1.95 bits per heavy atom. The number of thioether (sulfide) groups is 2. The summed E-state index contributed by atoms with van der Waals surface area (Å²) in [6, 6.07) is 11.9. The van der Waals surface area contributed by atoms with Gasteiger partial charge in [0.15, 0.2) is 17.3 Å². The number of fused-ring (bicyclic) bond motifs is 1. The highest BCUT2D eigenvalue weighted by atomic mass is 32.2. The number of aromatic nitrogens is 2. The molecule has 0 saturated carbocycles. The van der Waals surface area contributed by atoms with Gasteiger partial charge in [-0.15, -0.1) is 23.5 Å². The third-order valence-corrected chi connectivity index (χ3v) is 9.57. The molecule has 2 aliphatic heterocycles. The van der Waals surface area contributed by atoms with E-state index < -0.39 is 0 Å². The van der Waals surface area contributed by atoms with Crippen molar-refractivity contribution < 1.29 is 14.3 Å². The molecule has 202 valence electrons. The summed E-state index contributed by atoms with van der Waals surface area (Å²) >= 11 is 3.89. The normalized spacial score (nSPS) is 17.3. The highest BCUT2D eigenvalue weighted by Gasteiger charge is 2.33. The Kier molecular flexibility index (Phi) is 8.27. The van der Waals surface area contributed by atoms with E-state index in [4.69, 9.17) is 26.0 Å². The van der Waals surface area contributed by atoms with E-state index in [0.29, 0.717) is 33.6 Å². The summed E-state index contributed by atoms with van der Waals surface area (Å²) < 4.78 is 11.5. The summed E-state index contributed by atoms with van der Waals surface area (Å²) in [6.07, 6.45) is 8.33. The summed E-state index contributed by atoms with van der Waals surface area (Å²) in [5, 5.41) is 6.61. The van der Waals surface area contributed by atoms with Crippen molar-refractivity contribution >= 4 is 47.3 Å². The zero-order chi connectivity index (χ0) is 27.4. The minimum Gasteiger partial charge on any atom is -0.493 e. The van der Waals surface area contributed by atoms with Crippen molar-refractivity contribution in [3.63, 3.8) is 0 Å². The summed E-state index contributed by atoms with van der Waals surface area (Å²) in [5.41, 5.74) is 15.9. The van der Waals surface area contributed by atoms with Crippen molar-refractivity contribution in [1.29, 1.82) is 0 Å². The maximum Gasteiger partial charge on any atom is 0.221 e. The lowest BCUT2D eigenvalue weighted by molar-refractivity contribution is 0.104. The molecule has 2 aromatic carbocycles. The number of allylic oxidation sites excluding steroid dienone is 1. The van der Waals surface area contributed by atoms with Gasteiger partial charge in [0.2, 0.25) is 5.95 Å². The first-order valence-corrected chi connectivity index (χ1v) is 14.6.